The number of aromatic nitrogens is 2. The summed E-state index contributed by atoms with van der Waals surface area (Å²) in [4.78, 5) is 49.8. The third-order valence-corrected chi connectivity index (χ3v) is 3.66. The van der Waals surface area contributed by atoms with Crippen molar-refractivity contribution in [3.8, 4) is 0 Å². The molecule has 2 aromatic heterocycles. The molecule has 0 aliphatic carbocycles. The molecule has 2 aromatic rings. The van der Waals surface area contributed by atoms with Crippen molar-refractivity contribution in [2.24, 2.45) is 0 Å². The summed E-state index contributed by atoms with van der Waals surface area (Å²) in [7, 11) is 0. The van der Waals surface area contributed by atoms with Crippen molar-refractivity contribution in [2.75, 3.05) is 6.61 Å². The third-order valence-electron chi connectivity index (χ3n) is 3.66. The van der Waals surface area contributed by atoms with Crippen LogP contribution in [0.2, 0.25) is 0 Å². The van der Waals surface area contributed by atoms with Gasteiger partial charge in [0.1, 0.15) is 12.3 Å². The third kappa shape index (κ3) is 5.73. The summed E-state index contributed by atoms with van der Waals surface area (Å²) < 4.78 is 7.91. The summed E-state index contributed by atoms with van der Waals surface area (Å²) in [6.45, 7) is 0.591. The summed E-state index contributed by atoms with van der Waals surface area (Å²) in [6, 6.07) is 6.55. The number of hydrogen-bond acceptors (Lipinski definition) is 6. The zero-order chi connectivity index (χ0) is 18.8. The van der Waals surface area contributed by atoms with Crippen LogP contribution in [0.3, 0.4) is 0 Å². The first-order valence-corrected chi connectivity index (χ1v) is 8.23. The first-order valence-electron chi connectivity index (χ1n) is 8.23. The molecule has 0 fully saturated rings. The Balaban J connectivity index is 1.57. The molecule has 0 saturated heterocycles. The minimum absolute atomic E-state index is 0.135. The molecular weight excluding hydrogens is 340 g/mol. The Hall–Kier alpha value is -3.16. The molecule has 0 saturated carbocycles. The van der Waals surface area contributed by atoms with Gasteiger partial charge in [0.2, 0.25) is 0 Å². The number of carbonyl (C=O) groups is 4. The normalized spacial score (nSPS) is 10.3. The van der Waals surface area contributed by atoms with Crippen LogP contribution in [0.15, 0.2) is 36.7 Å². The minimum atomic E-state index is -0.480. The van der Waals surface area contributed by atoms with E-state index in [-0.39, 0.29) is 31.1 Å². The van der Waals surface area contributed by atoms with Gasteiger partial charge in [-0.3, -0.25) is 14.4 Å². The summed E-state index contributed by atoms with van der Waals surface area (Å²) in [5.74, 6) is -0.835. The lowest BCUT2D eigenvalue weighted by molar-refractivity contribution is -0.146. The van der Waals surface area contributed by atoms with Crippen molar-refractivity contribution in [3.63, 3.8) is 0 Å². The number of ether oxygens (including phenoxy) is 1. The van der Waals surface area contributed by atoms with E-state index in [1.807, 2.05) is 0 Å². The SMILES string of the molecule is O=Cc1cccn1CCOC(=O)CCCCC(=O)On1cccc1C=O. The van der Waals surface area contributed by atoms with Gasteiger partial charge in [-0.2, -0.15) is 4.73 Å². The molecule has 0 radical (unpaired) electrons. The van der Waals surface area contributed by atoms with Crippen LogP contribution in [-0.4, -0.2) is 40.4 Å². The van der Waals surface area contributed by atoms with E-state index < -0.39 is 5.97 Å². The van der Waals surface area contributed by atoms with E-state index in [4.69, 9.17) is 9.57 Å². The number of esters is 1. The number of unbranched alkanes of at least 4 members (excludes halogenated alkanes) is 1. The predicted octanol–water partition coefficient (Wildman–Crippen LogP) is 1.67. The zero-order valence-electron chi connectivity index (χ0n) is 14.2. The molecule has 0 aromatic carbocycles. The maximum Gasteiger partial charge on any atom is 0.332 e. The van der Waals surface area contributed by atoms with Crippen molar-refractivity contribution in [2.45, 2.75) is 32.2 Å². The molecule has 8 heteroatoms. The molecule has 0 spiro atoms. The summed E-state index contributed by atoms with van der Waals surface area (Å²) >= 11 is 0. The van der Waals surface area contributed by atoms with Gasteiger partial charge in [-0.25, -0.2) is 4.79 Å². The molecule has 0 amide bonds. The van der Waals surface area contributed by atoms with E-state index in [9.17, 15) is 19.2 Å². The van der Waals surface area contributed by atoms with Gasteiger partial charge >= 0.3 is 11.9 Å². The maximum absolute atomic E-state index is 11.7. The van der Waals surface area contributed by atoms with Crippen molar-refractivity contribution < 1.29 is 28.8 Å². The molecule has 2 rings (SSSR count). The number of hydrogen-bond donors (Lipinski definition) is 0. The number of rotatable bonds is 11. The van der Waals surface area contributed by atoms with Crippen LogP contribution in [0.1, 0.15) is 46.7 Å². The molecular formula is C18H20N2O6. The molecule has 0 aliphatic heterocycles. The fourth-order valence-corrected chi connectivity index (χ4v) is 2.32. The number of aldehydes is 2. The lowest BCUT2D eigenvalue weighted by Crippen LogP contribution is -2.20. The fraction of sp³-hybridized carbons (Fsp3) is 0.333. The minimum Gasteiger partial charge on any atom is -0.464 e. The van der Waals surface area contributed by atoms with Crippen molar-refractivity contribution in [1.29, 1.82) is 0 Å². The van der Waals surface area contributed by atoms with E-state index in [1.54, 1.807) is 29.0 Å². The smallest absolute Gasteiger partial charge is 0.332 e. The average molecular weight is 360 g/mol. The van der Waals surface area contributed by atoms with Crippen LogP contribution < -0.4 is 4.84 Å². The van der Waals surface area contributed by atoms with E-state index in [0.29, 0.717) is 31.4 Å². The Morgan fingerprint density at radius 1 is 0.923 bits per heavy atom. The van der Waals surface area contributed by atoms with E-state index in [1.165, 1.54) is 12.3 Å². The number of nitrogens with zero attached hydrogens (tertiary/aromatic N) is 2. The van der Waals surface area contributed by atoms with Gasteiger partial charge in [0.25, 0.3) is 0 Å². The molecule has 0 N–H and O–H groups in total. The highest BCUT2D eigenvalue weighted by Crippen LogP contribution is 2.04. The lowest BCUT2D eigenvalue weighted by atomic mass is 10.2. The van der Waals surface area contributed by atoms with Gasteiger partial charge < -0.3 is 14.1 Å². The molecule has 2 heterocycles. The number of carbonyl (C=O) groups excluding carboxylic acids is 4. The highest BCUT2D eigenvalue weighted by atomic mass is 16.7. The highest BCUT2D eigenvalue weighted by molar-refractivity contribution is 5.74. The summed E-state index contributed by atoms with van der Waals surface area (Å²) in [5.41, 5.74) is 0.780. The molecule has 0 unspecified atom stereocenters. The Kier molecular flexibility index (Phi) is 7.35. The van der Waals surface area contributed by atoms with Crippen molar-refractivity contribution in [1.82, 2.24) is 9.30 Å². The van der Waals surface area contributed by atoms with Crippen LogP contribution in [0.25, 0.3) is 0 Å². The van der Waals surface area contributed by atoms with Gasteiger partial charge in [-0.15, -0.1) is 0 Å². The van der Waals surface area contributed by atoms with Crippen LogP contribution in [0.4, 0.5) is 0 Å². The summed E-state index contributed by atoms with van der Waals surface area (Å²) in [6.07, 6.45) is 5.84. The Labute approximate surface area is 150 Å². The van der Waals surface area contributed by atoms with Crippen molar-refractivity contribution in [3.05, 3.63) is 48.0 Å². The second kappa shape index (κ2) is 9.97. The van der Waals surface area contributed by atoms with Gasteiger partial charge in [0.15, 0.2) is 12.6 Å². The van der Waals surface area contributed by atoms with Crippen LogP contribution in [-0.2, 0) is 20.9 Å². The molecule has 0 aliphatic rings. The second-order valence-corrected chi connectivity index (χ2v) is 5.51. The maximum atomic E-state index is 11.7. The summed E-state index contributed by atoms with van der Waals surface area (Å²) in [5, 5.41) is 0. The van der Waals surface area contributed by atoms with Gasteiger partial charge in [-0.05, 0) is 37.1 Å². The van der Waals surface area contributed by atoms with Crippen molar-refractivity contribution >= 4 is 24.5 Å². The van der Waals surface area contributed by atoms with Crippen LogP contribution >= 0.6 is 0 Å². The van der Waals surface area contributed by atoms with Crippen LogP contribution in [0, 0.1) is 0 Å². The Morgan fingerprint density at radius 2 is 1.58 bits per heavy atom. The fourth-order valence-electron chi connectivity index (χ4n) is 2.32. The zero-order valence-corrected chi connectivity index (χ0v) is 14.2. The Bertz CT molecular complexity index is 761. The molecule has 26 heavy (non-hydrogen) atoms. The standard InChI is InChI=1S/C18H20N2O6/c21-13-15-5-3-9-19(15)11-12-25-17(23)7-1-2-8-18(24)26-20-10-4-6-16(20)14-22/h3-6,9-10,13-14H,1-2,7-8,11-12H2. The monoisotopic (exact) mass is 360 g/mol. The topological polar surface area (TPSA) is 96.6 Å². The van der Waals surface area contributed by atoms with Gasteiger partial charge in [0, 0.05) is 25.2 Å². The first-order chi connectivity index (χ1) is 12.6. The van der Waals surface area contributed by atoms with Crippen LogP contribution in [0.5, 0.6) is 0 Å². The largest absolute Gasteiger partial charge is 0.464 e. The van der Waals surface area contributed by atoms with E-state index in [2.05, 4.69) is 0 Å². The predicted molar refractivity (Wildman–Crippen MR) is 90.7 cm³/mol. The Morgan fingerprint density at radius 3 is 2.31 bits per heavy atom. The lowest BCUT2D eigenvalue weighted by Gasteiger charge is -2.08. The van der Waals surface area contributed by atoms with E-state index >= 15 is 0 Å². The molecule has 0 atom stereocenters. The highest BCUT2D eigenvalue weighted by Gasteiger charge is 2.09. The van der Waals surface area contributed by atoms with E-state index in [0.717, 1.165) is 11.0 Å². The first kappa shape index (κ1) is 19.2. The van der Waals surface area contributed by atoms with Gasteiger partial charge in [-0.1, -0.05) is 0 Å². The average Bonchev–Trinajstić information content (AvgIpc) is 3.27. The molecule has 0 bridgehead atoms. The molecule has 8 nitrogen and oxygen atoms in total. The molecule has 138 valence electrons. The second-order valence-electron chi connectivity index (χ2n) is 5.51. The quantitative estimate of drug-likeness (QED) is 0.344. The van der Waals surface area contributed by atoms with Gasteiger partial charge in [0.05, 0.1) is 12.2 Å².